The molecule has 1 heterocycles. The first-order valence-electron chi connectivity index (χ1n) is 9.98. The van der Waals surface area contributed by atoms with Crippen LogP contribution in [0.2, 0.25) is 0 Å². The lowest BCUT2D eigenvalue weighted by molar-refractivity contribution is -0.138. The van der Waals surface area contributed by atoms with Gasteiger partial charge in [0.05, 0.1) is 42.4 Å². The van der Waals surface area contributed by atoms with E-state index in [-0.39, 0.29) is 27.1 Å². The summed E-state index contributed by atoms with van der Waals surface area (Å²) in [6.07, 6.45) is -2.55. The van der Waals surface area contributed by atoms with Gasteiger partial charge in [0.25, 0.3) is 0 Å². The van der Waals surface area contributed by atoms with Crippen LogP contribution >= 0.6 is 11.8 Å². The van der Waals surface area contributed by atoms with Crippen molar-refractivity contribution in [1.29, 1.82) is 10.7 Å². The largest absolute Gasteiger partial charge is 0.493 e. The number of thioether (sulfide) groups is 1. The van der Waals surface area contributed by atoms with Crippen molar-refractivity contribution in [3.8, 4) is 23.3 Å². The number of nitrogens with zero attached hydrogens (tertiary/aromatic N) is 2. The molecule has 2 aromatic carbocycles. The molecule has 0 unspecified atom stereocenters. The quantitative estimate of drug-likeness (QED) is 0.265. The Kier molecular flexibility index (Phi) is 8.20. The van der Waals surface area contributed by atoms with Crippen LogP contribution in [0.5, 0.6) is 17.2 Å². The average Bonchev–Trinajstić information content (AvgIpc) is 2.84. The highest BCUT2D eigenvalue weighted by Crippen LogP contribution is 2.41. The van der Waals surface area contributed by atoms with Crippen molar-refractivity contribution < 1.29 is 32.2 Å². The van der Waals surface area contributed by atoms with Crippen LogP contribution in [0.1, 0.15) is 16.7 Å². The molecule has 0 amide bonds. The summed E-state index contributed by atoms with van der Waals surface area (Å²) in [6, 6.07) is 9.18. The number of rotatable bonds is 6. The van der Waals surface area contributed by atoms with Crippen LogP contribution in [0, 0.1) is 16.7 Å². The highest BCUT2D eigenvalue weighted by Gasteiger charge is 2.35. The second-order valence-electron chi connectivity index (χ2n) is 7.00. The Morgan fingerprint density at radius 3 is 2.50 bits per heavy atom. The molecule has 11 heteroatoms. The first-order chi connectivity index (χ1) is 16.2. The number of morpholine rings is 1. The van der Waals surface area contributed by atoms with Crippen molar-refractivity contribution in [2.75, 3.05) is 33.4 Å². The van der Waals surface area contributed by atoms with E-state index < -0.39 is 17.5 Å². The Bertz CT molecular complexity index is 1140. The molecule has 0 aliphatic carbocycles. The lowest BCUT2D eigenvalue weighted by atomic mass is 10.1. The van der Waals surface area contributed by atoms with Gasteiger partial charge in [0.1, 0.15) is 5.75 Å². The Morgan fingerprint density at radius 1 is 1.18 bits per heavy atom. The second-order valence-corrected chi connectivity index (χ2v) is 8.07. The first kappa shape index (κ1) is 25.1. The zero-order valence-corrected chi connectivity index (χ0v) is 18.8. The Hall–Kier alpha value is -3.49. The summed E-state index contributed by atoms with van der Waals surface area (Å²) in [5, 5.41) is 17.3. The summed E-state index contributed by atoms with van der Waals surface area (Å²) in [5.41, 5.74) is -0.697. The molecule has 3 rings (SSSR count). The van der Waals surface area contributed by atoms with Gasteiger partial charge in [-0.1, -0.05) is 6.07 Å². The van der Waals surface area contributed by atoms with Gasteiger partial charge in [-0.3, -0.25) is 10.2 Å². The van der Waals surface area contributed by atoms with E-state index in [1.54, 1.807) is 23.1 Å². The Labute approximate surface area is 198 Å². The topological polar surface area (TPSA) is 95.6 Å². The molecule has 1 N–H and O–H groups in total. The van der Waals surface area contributed by atoms with Gasteiger partial charge in [-0.05, 0) is 53.7 Å². The summed E-state index contributed by atoms with van der Waals surface area (Å²) in [7, 11) is 1.34. The molecule has 1 aliphatic heterocycles. The number of amidine groups is 1. The summed E-state index contributed by atoms with van der Waals surface area (Å²) in [5.74, 6) is -0.308. The van der Waals surface area contributed by atoms with Gasteiger partial charge in [-0.2, -0.15) is 18.4 Å². The molecule has 34 heavy (non-hydrogen) atoms. The molecule has 0 aromatic heterocycles. The molecule has 2 aromatic rings. The third-order valence-corrected chi connectivity index (χ3v) is 5.66. The number of allylic oxidation sites excluding steroid dienone is 1. The van der Waals surface area contributed by atoms with Crippen molar-refractivity contribution >= 4 is 29.3 Å². The molecule has 0 radical (unpaired) electrons. The van der Waals surface area contributed by atoms with Gasteiger partial charge in [-0.25, -0.2) is 0 Å². The van der Waals surface area contributed by atoms with E-state index in [1.165, 1.54) is 25.3 Å². The standard InChI is InChI=1S/C23H20F3N3O4S/c1-31-21-12-15(10-17(14-30)34-22(28)29-6-8-32-9-7-29)2-5-20(21)33-19-4-3-16(13-27)11-18(19)23(24,25)26/h2-5,10-12,14,28H,6-9H2,1H3/b17-10-,28-22?. The minimum atomic E-state index is -4.72. The molecule has 0 atom stereocenters. The van der Waals surface area contributed by atoms with Crippen molar-refractivity contribution in [3.63, 3.8) is 0 Å². The summed E-state index contributed by atoms with van der Waals surface area (Å²) in [6.45, 7) is 2.15. The molecule has 0 saturated carbocycles. The highest BCUT2D eigenvalue weighted by molar-refractivity contribution is 8.17. The molecule has 1 fully saturated rings. The highest BCUT2D eigenvalue weighted by atomic mass is 32.2. The number of carbonyl (C=O) groups excluding carboxylic acids is 1. The van der Waals surface area contributed by atoms with Gasteiger partial charge in [0, 0.05) is 13.1 Å². The van der Waals surface area contributed by atoms with E-state index in [2.05, 4.69) is 0 Å². The second kappa shape index (κ2) is 11.1. The fraction of sp³-hybridized carbons (Fsp3) is 0.261. The number of ether oxygens (including phenoxy) is 3. The Balaban J connectivity index is 1.84. The van der Waals surface area contributed by atoms with Gasteiger partial charge in [0.15, 0.2) is 23.0 Å². The van der Waals surface area contributed by atoms with Crippen LogP contribution in [0.3, 0.4) is 0 Å². The zero-order valence-electron chi connectivity index (χ0n) is 18.0. The summed E-state index contributed by atoms with van der Waals surface area (Å²) < 4.78 is 56.3. The Morgan fingerprint density at radius 2 is 1.88 bits per heavy atom. The van der Waals surface area contributed by atoms with Gasteiger partial charge >= 0.3 is 6.18 Å². The zero-order chi connectivity index (χ0) is 24.7. The minimum Gasteiger partial charge on any atom is -0.493 e. The predicted octanol–water partition coefficient (Wildman–Crippen LogP) is 4.92. The van der Waals surface area contributed by atoms with Crippen molar-refractivity contribution in [2.45, 2.75) is 6.18 Å². The lowest BCUT2D eigenvalue weighted by Crippen LogP contribution is -2.39. The van der Waals surface area contributed by atoms with E-state index in [1.807, 2.05) is 0 Å². The molecule has 178 valence electrons. The maximum absolute atomic E-state index is 13.4. The number of hydrogen-bond donors (Lipinski definition) is 1. The van der Waals surface area contributed by atoms with Crippen molar-refractivity contribution in [1.82, 2.24) is 4.90 Å². The lowest BCUT2D eigenvalue weighted by Gasteiger charge is -2.28. The number of aldehydes is 1. The number of nitrogens with one attached hydrogen (secondary N) is 1. The number of carbonyl (C=O) groups is 1. The van der Waals surface area contributed by atoms with E-state index in [0.29, 0.717) is 38.2 Å². The maximum atomic E-state index is 13.4. The predicted molar refractivity (Wildman–Crippen MR) is 121 cm³/mol. The summed E-state index contributed by atoms with van der Waals surface area (Å²) in [4.78, 5) is 13.6. The number of alkyl halides is 3. The SMILES string of the molecule is COc1cc(/C=C(/C=O)SC(=N)N2CCOCC2)ccc1Oc1ccc(C#N)cc1C(F)(F)F. The average molecular weight is 491 g/mol. The van der Waals surface area contributed by atoms with Crippen LogP contribution < -0.4 is 9.47 Å². The van der Waals surface area contributed by atoms with Gasteiger partial charge in [-0.15, -0.1) is 0 Å². The monoisotopic (exact) mass is 491 g/mol. The van der Waals surface area contributed by atoms with Gasteiger partial charge in [0.2, 0.25) is 0 Å². The molecule has 0 bridgehead atoms. The van der Waals surface area contributed by atoms with Gasteiger partial charge < -0.3 is 19.1 Å². The van der Waals surface area contributed by atoms with Crippen LogP contribution in [0.15, 0.2) is 41.3 Å². The van der Waals surface area contributed by atoms with E-state index in [4.69, 9.17) is 24.9 Å². The van der Waals surface area contributed by atoms with Crippen molar-refractivity contribution in [3.05, 3.63) is 58.0 Å². The number of hydrogen-bond acceptors (Lipinski definition) is 7. The van der Waals surface area contributed by atoms with Crippen LogP contribution in [-0.4, -0.2) is 49.8 Å². The molecule has 1 aliphatic rings. The van der Waals surface area contributed by atoms with E-state index in [0.717, 1.165) is 23.9 Å². The van der Waals surface area contributed by atoms with Crippen LogP contribution in [-0.2, 0) is 15.7 Å². The smallest absolute Gasteiger partial charge is 0.420 e. The molecule has 7 nitrogen and oxygen atoms in total. The third-order valence-electron chi connectivity index (χ3n) is 4.76. The molecule has 1 saturated heterocycles. The molecular weight excluding hydrogens is 471 g/mol. The van der Waals surface area contributed by atoms with Crippen LogP contribution in [0.4, 0.5) is 13.2 Å². The van der Waals surface area contributed by atoms with Crippen molar-refractivity contribution in [2.24, 2.45) is 0 Å². The number of nitriles is 1. The number of benzene rings is 2. The first-order valence-corrected chi connectivity index (χ1v) is 10.8. The maximum Gasteiger partial charge on any atom is 0.420 e. The number of halogens is 3. The van der Waals surface area contributed by atoms with Crippen LogP contribution in [0.25, 0.3) is 6.08 Å². The molecule has 0 spiro atoms. The molecular formula is C23H20F3N3O4S. The normalized spacial score (nSPS) is 14.3. The van der Waals surface area contributed by atoms with E-state index in [9.17, 15) is 18.0 Å². The fourth-order valence-corrected chi connectivity index (χ4v) is 3.86. The summed E-state index contributed by atoms with van der Waals surface area (Å²) >= 11 is 0.998. The van der Waals surface area contributed by atoms with E-state index >= 15 is 0 Å². The number of methoxy groups -OCH3 is 1. The minimum absolute atomic E-state index is 0.0243. The third kappa shape index (κ3) is 6.30. The fourth-order valence-electron chi connectivity index (χ4n) is 3.08.